The van der Waals surface area contributed by atoms with Crippen LogP contribution in [0.3, 0.4) is 0 Å². The molecule has 3 N–H and O–H groups in total. The van der Waals surface area contributed by atoms with Crippen LogP contribution in [0.4, 0.5) is 0 Å². The van der Waals surface area contributed by atoms with E-state index in [1.807, 2.05) is 19.2 Å². The number of carbonyl (C=O) groups is 1. The highest BCUT2D eigenvalue weighted by Crippen LogP contribution is 2.29. The quantitative estimate of drug-likeness (QED) is 0.715. The zero-order valence-electron chi connectivity index (χ0n) is 14.9. The van der Waals surface area contributed by atoms with E-state index < -0.39 is 0 Å². The highest BCUT2D eigenvalue weighted by Gasteiger charge is 2.21. The fourth-order valence-electron chi connectivity index (χ4n) is 2.25. The Morgan fingerprint density at radius 1 is 1.32 bits per heavy atom. The topological polar surface area (TPSA) is 86.5 Å². The average Bonchev–Trinajstić information content (AvgIpc) is 3.17. The van der Waals surface area contributed by atoms with Crippen molar-refractivity contribution < 1.29 is 14.3 Å². The second-order valence-corrected chi connectivity index (χ2v) is 6.60. The molecular weight excluding hydrogens is 338 g/mol. The maximum absolute atomic E-state index is 12.4. The van der Waals surface area contributed by atoms with Gasteiger partial charge in [-0.1, -0.05) is 13.8 Å². The average molecular weight is 363 g/mol. The third-order valence-corrected chi connectivity index (χ3v) is 4.93. The molecule has 0 saturated carbocycles. The fourth-order valence-corrected chi connectivity index (χ4v) is 2.79. The number of carbonyl (C=O) groups excluding carboxylic acids is 1. The van der Waals surface area contributed by atoms with Crippen molar-refractivity contribution in [2.45, 2.75) is 38.8 Å². The number of thiazole rings is 1. The lowest BCUT2D eigenvalue weighted by Gasteiger charge is -2.26. The van der Waals surface area contributed by atoms with Gasteiger partial charge in [-0.25, -0.2) is 4.98 Å². The number of benzene rings is 1. The summed E-state index contributed by atoms with van der Waals surface area (Å²) in [5, 5.41) is 4.82. The van der Waals surface area contributed by atoms with E-state index in [9.17, 15) is 4.79 Å². The number of methoxy groups -OCH3 is 1. The lowest BCUT2D eigenvalue weighted by molar-refractivity contribution is 0.0941. The Labute approximate surface area is 152 Å². The molecule has 0 saturated heterocycles. The largest absolute Gasteiger partial charge is 0.493 e. The number of hydrogen-bond donors (Lipinski definition) is 2. The van der Waals surface area contributed by atoms with Crippen LogP contribution in [0.15, 0.2) is 29.1 Å². The highest BCUT2D eigenvalue weighted by molar-refractivity contribution is 7.07. The minimum atomic E-state index is -0.379. The first-order valence-corrected chi connectivity index (χ1v) is 9.20. The Kier molecular flexibility index (Phi) is 6.78. The SMILES string of the molecule is CCC(N)(CC)CNC(=O)c1ccc(OCc2cscn2)c(OC)c1. The first kappa shape index (κ1) is 19.2. The molecule has 0 aliphatic rings. The summed E-state index contributed by atoms with van der Waals surface area (Å²) in [6.07, 6.45) is 1.60. The fraction of sp³-hybridized carbons (Fsp3) is 0.444. The van der Waals surface area contributed by atoms with Crippen LogP contribution in [-0.2, 0) is 6.61 Å². The Balaban J connectivity index is 2.03. The summed E-state index contributed by atoms with van der Waals surface area (Å²) in [5.41, 5.74) is 8.96. The van der Waals surface area contributed by atoms with Gasteiger partial charge in [0.15, 0.2) is 11.5 Å². The van der Waals surface area contributed by atoms with Gasteiger partial charge >= 0.3 is 0 Å². The number of nitrogens with two attached hydrogens (primary N) is 1. The van der Waals surface area contributed by atoms with Gasteiger partial charge in [-0.05, 0) is 31.0 Å². The number of nitrogens with one attached hydrogen (secondary N) is 1. The minimum absolute atomic E-state index is 0.180. The molecule has 6 nitrogen and oxygen atoms in total. The Hall–Kier alpha value is -2.12. The number of nitrogens with zero attached hydrogens (tertiary/aromatic N) is 1. The zero-order valence-corrected chi connectivity index (χ0v) is 15.7. The Morgan fingerprint density at radius 3 is 2.68 bits per heavy atom. The molecule has 25 heavy (non-hydrogen) atoms. The van der Waals surface area contributed by atoms with Gasteiger partial charge < -0.3 is 20.5 Å². The van der Waals surface area contributed by atoms with E-state index in [-0.39, 0.29) is 11.4 Å². The summed E-state index contributed by atoms with van der Waals surface area (Å²) in [6.45, 7) is 4.83. The van der Waals surface area contributed by atoms with Crippen molar-refractivity contribution in [1.29, 1.82) is 0 Å². The van der Waals surface area contributed by atoms with Crippen molar-refractivity contribution in [3.05, 3.63) is 40.3 Å². The summed E-state index contributed by atoms with van der Waals surface area (Å²) in [6, 6.07) is 5.11. The highest BCUT2D eigenvalue weighted by atomic mass is 32.1. The smallest absolute Gasteiger partial charge is 0.251 e. The van der Waals surface area contributed by atoms with Crippen LogP contribution < -0.4 is 20.5 Å². The van der Waals surface area contributed by atoms with Gasteiger partial charge in [0.25, 0.3) is 5.91 Å². The van der Waals surface area contributed by atoms with Crippen molar-refractivity contribution in [3.8, 4) is 11.5 Å². The Morgan fingerprint density at radius 2 is 2.08 bits per heavy atom. The third kappa shape index (κ3) is 5.17. The van der Waals surface area contributed by atoms with Crippen molar-refractivity contribution in [3.63, 3.8) is 0 Å². The van der Waals surface area contributed by atoms with Crippen molar-refractivity contribution >= 4 is 17.2 Å². The third-order valence-electron chi connectivity index (χ3n) is 4.29. The van der Waals surface area contributed by atoms with E-state index in [4.69, 9.17) is 15.2 Å². The molecule has 1 amide bonds. The summed E-state index contributed by atoms with van der Waals surface area (Å²) in [5.74, 6) is 0.899. The van der Waals surface area contributed by atoms with Gasteiger partial charge in [0, 0.05) is 23.0 Å². The molecule has 136 valence electrons. The van der Waals surface area contributed by atoms with Gasteiger partial charge in [-0.15, -0.1) is 11.3 Å². The number of hydrogen-bond acceptors (Lipinski definition) is 6. The molecule has 0 unspecified atom stereocenters. The van der Waals surface area contributed by atoms with Gasteiger partial charge in [-0.3, -0.25) is 4.79 Å². The monoisotopic (exact) mass is 363 g/mol. The lowest BCUT2D eigenvalue weighted by atomic mass is 9.94. The molecule has 0 atom stereocenters. The number of amides is 1. The molecule has 1 aromatic heterocycles. The Bertz CT molecular complexity index is 685. The van der Waals surface area contributed by atoms with Gasteiger partial charge in [-0.2, -0.15) is 0 Å². The minimum Gasteiger partial charge on any atom is -0.493 e. The van der Waals surface area contributed by atoms with Crippen LogP contribution in [-0.4, -0.2) is 30.1 Å². The van der Waals surface area contributed by atoms with E-state index >= 15 is 0 Å². The molecule has 0 aliphatic heterocycles. The standard InChI is InChI=1S/C18H25N3O3S/c1-4-18(19,5-2)11-20-17(22)13-6-7-15(16(8-13)23-3)24-9-14-10-25-12-21-14/h6-8,10,12H,4-5,9,11,19H2,1-3H3,(H,20,22). The second-order valence-electron chi connectivity index (χ2n) is 5.89. The number of aromatic nitrogens is 1. The van der Waals surface area contributed by atoms with Crippen LogP contribution in [0.25, 0.3) is 0 Å². The summed E-state index contributed by atoms with van der Waals surface area (Å²) < 4.78 is 11.1. The first-order chi connectivity index (χ1) is 12.0. The van der Waals surface area contributed by atoms with Crippen LogP contribution in [0.1, 0.15) is 42.7 Å². The molecule has 1 heterocycles. The normalized spacial score (nSPS) is 11.2. The van der Waals surface area contributed by atoms with Crippen molar-refractivity contribution in [2.24, 2.45) is 5.73 Å². The predicted molar refractivity (Wildman–Crippen MR) is 99.3 cm³/mol. The lowest BCUT2D eigenvalue weighted by Crippen LogP contribution is -2.49. The van der Waals surface area contributed by atoms with E-state index in [1.54, 1.807) is 30.8 Å². The van der Waals surface area contributed by atoms with Crippen LogP contribution in [0, 0.1) is 0 Å². The predicted octanol–water partition coefficient (Wildman–Crippen LogP) is 2.98. The van der Waals surface area contributed by atoms with Gasteiger partial charge in [0.05, 0.1) is 18.3 Å². The molecule has 2 aromatic rings. The van der Waals surface area contributed by atoms with Gasteiger partial charge in [0.2, 0.25) is 0 Å². The molecule has 2 rings (SSSR count). The molecule has 0 spiro atoms. The summed E-state index contributed by atoms with van der Waals surface area (Å²) >= 11 is 1.52. The molecule has 7 heteroatoms. The zero-order chi connectivity index (χ0) is 18.3. The first-order valence-electron chi connectivity index (χ1n) is 8.26. The summed E-state index contributed by atoms with van der Waals surface area (Å²) in [4.78, 5) is 16.5. The second kappa shape index (κ2) is 8.82. The number of rotatable bonds is 9. The van der Waals surface area contributed by atoms with Crippen molar-refractivity contribution in [2.75, 3.05) is 13.7 Å². The van der Waals surface area contributed by atoms with E-state index in [0.29, 0.717) is 30.2 Å². The van der Waals surface area contributed by atoms with E-state index in [1.165, 1.54) is 11.3 Å². The maximum Gasteiger partial charge on any atom is 0.251 e. The summed E-state index contributed by atoms with van der Waals surface area (Å²) in [7, 11) is 1.55. The molecule has 0 radical (unpaired) electrons. The molecule has 1 aromatic carbocycles. The van der Waals surface area contributed by atoms with Crippen LogP contribution in [0.2, 0.25) is 0 Å². The molecular formula is C18H25N3O3S. The molecule has 0 bridgehead atoms. The molecule has 0 fully saturated rings. The number of ether oxygens (including phenoxy) is 2. The van der Waals surface area contributed by atoms with Gasteiger partial charge in [0.1, 0.15) is 6.61 Å². The maximum atomic E-state index is 12.4. The van der Waals surface area contributed by atoms with Crippen molar-refractivity contribution in [1.82, 2.24) is 10.3 Å². The van der Waals surface area contributed by atoms with Crippen LogP contribution in [0.5, 0.6) is 11.5 Å². The molecule has 0 aliphatic carbocycles. The van der Waals surface area contributed by atoms with E-state index in [0.717, 1.165) is 18.5 Å². The van der Waals surface area contributed by atoms with Crippen LogP contribution >= 0.6 is 11.3 Å². The van der Waals surface area contributed by atoms with E-state index in [2.05, 4.69) is 10.3 Å².